The summed E-state index contributed by atoms with van der Waals surface area (Å²) in [5.41, 5.74) is 1.40. The van der Waals surface area contributed by atoms with Gasteiger partial charge in [0.1, 0.15) is 0 Å². The van der Waals surface area contributed by atoms with E-state index in [2.05, 4.69) is 16.7 Å². The van der Waals surface area contributed by atoms with Crippen LogP contribution in [0, 0.1) is 5.92 Å². The zero-order valence-electron chi connectivity index (χ0n) is 11.0. The van der Waals surface area contributed by atoms with Gasteiger partial charge in [0.15, 0.2) is 0 Å². The summed E-state index contributed by atoms with van der Waals surface area (Å²) in [6.07, 6.45) is 6.62. The van der Waals surface area contributed by atoms with Crippen LogP contribution in [-0.2, 0) is 4.79 Å². The highest BCUT2D eigenvalue weighted by atomic mass is 16.4. The summed E-state index contributed by atoms with van der Waals surface area (Å²) in [6.45, 7) is 3.88. The molecular weight excluding hydrogens is 232 g/mol. The topological polar surface area (TPSA) is 78.4 Å². The van der Waals surface area contributed by atoms with E-state index in [9.17, 15) is 9.59 Å². The van der Waals surface area contributed by atoms with E-state index >= 15 is 0 Å². The standard InChI is InChI=1S/C13H22N2O3/c1-9(12(16)17)10(2)15-13(18)14-8-7-11-5-3-4-6-11/h5,9-10H,3-4,6-8H2,1-2H3,(H,16,17)(H2,14,15,18). The normalized spacial score (nSPS) is 17.8. The lowest BCUT2D eigenvalue weighted by molar-refractivity contribution is -0.141. The first-order valence-corrected chi connectivity index (χ1v) is 6.45. The van der Waals surface area contributed by atoms with Crippen molar-refractivity contribution in [3.63, 3.8) is 0 Å². The highest BCUT2D eigenvalue weighted by Crippen LogP contribution is 2.19. The quantitative estimate of drug-likeness (QED) is 0.633. The van der Waals surface area contributed by atoms with E-state index in [4.69, 9.17) is 5.11 Å². The van der Waals surface area contributed by atoms with Crippen LogP contribution < -0.4 is 10.6 Å². The number of hydrogen-bond donors (Lipinski definition) is 3. The molecule has 1 rings (SSSR count). The van der Waals surface area contributed by atoms with Crippen LogP contribution in [0.3, 0.4) is 0 Å². The van der Waals surface area contributed by atoms with Crippen LogP contribution in [0.5, 0.6) is 0 Å². The predicted octanol–water partition coefficient (Wildman–Crippen LogP) is 1.90. The van der Waals surface area contributed by atoms with E-state index in [1.54, 1.807) is 13.8 Å². The summed E-state index contributed by atoms with van der Waals surface area (Å²) < 4.78 is 0. The summed E-state index contributed by atoms with van der Waals surface area (Å²) in [6, 6.07) is -0.678. The van der Waals surface area contributed by atoms with E-state index in [-0.39, 0.29) is 12.1 Å². The molecule has 18 heavy (non-hydrogen) atoms. The van der Waals surface area contributed by atoms with E-state index in [0.717, 1.165) is 19.3 Å². The summed E-state index contributed by atoms with van der Waals surface area (Å²) in [4.78, 5) is 22.3. The number of allylic oxidation sites excluding steroid dienone is 1. The molecule has 5 nitrogen and oxygen atoms in total. The number of nitrogens with one attached hydrogen (secondary N) is 2. The van der Waals surface area contributed by atoms with Crippen LogP contribution in [0.2, 0.25) is 0 Å². The molecule has 0 aromatic heterocycles. The maximum Gasteiger partial charge on any atom is 0.315 e. The van der Waals surface area contributed by atoms with Crippen LogP contribution in [0.4, 0.5) is 4.79 Å². The minimum absolute atomic E-state index is 0.297. The second kappa shape index (κ2) is 7.03. The van der Waals surface area contributed by atoms with Gasteiger partial charge in [0.05, 0.1) is 5.92 Å². The number of carboxylic acids is 1. The first-order valence-electron chi connectivity index (χ1n) is 6.45. The van der Waals surface area contributed by atoms with Gasteiger partial charge in [-0.1, -0.05) is 11.6 Å². The third kappa shape index (κ3) is 4.77. The Bertz CT molecular complexity index is 339. The predicted molar refractivity (Wildman–Crippen MR) is 69.3 cm³/mol. The highest BCUT2D eigenvalue weighted by molar-refractivity contribution is 5.76. The maximum absolute atomic E-state index is 11.5. The fourth-order valence-corrected chi connectivity index (χ4v) is 1.90. The molecule has 2 atom stereocenters. The first kappa shape index (κ1) is 14.5. The number of carbonyl (C=O) groups excluding carboxylic acids is 1. The Balaban J connectivity index is 2.18. The Kier molecular flexibility index (Phi) is 5.68. The Morgan fingerprint density at radius 3 is 2.72 bits per heavy atom. The maximum atomic E-state index is 11.5. The fraction of sp³-hybridized carbons (Fsp3) is 0.692. The molecule has 1 aliphatic carbocycles. The molecule has 0 aliphatic heterocycles. The van der Waals surface area contributed by atoms with Gasteiger partial charge in [0.2, 0.25) is 0 Å². The summed E-state index contributed by atoms with van der Waals surface area (Å²) in [5, 5.41) is 14.2. The van der Waals surface area contributed by atoms with Crippen molar-refractivity contribution < 1.29 is 14.7 Å². The van der Waals surface area contributed by atoms with Gasteiger partial charge in [-0.2, -0.15) is 0 Å². The molecule has 0 heterocycles. The van der Waals surface area contributed by atoms with Gasteiger partial charge in [-0.3, -0.25) is 4.79 Å². The van der Waals surface area contributed by atoms with Crippen LogP contribution in [-0.4, -0.2) is 29.7 Å². The Morgan fingerprint density at radius 1 is 1.44 bits per heavy atom. The Hall–Kier alpha value is -1.52. The molecule has 102 valence electrons. The second-order valence-electron chi connectivity index (χ2n) is 4.82. The van der Waals surface area contributed by atoms with Crippen LogP contribution in [0.15, 0.2) is 11.6 Å². The largest absolute Gasteiger partial charge is 0.481 e. The van der Waals surface area contributed by atoms with E-state index in [1.165, 1.54) is 12.0 Å². The smallest absolute Gasteiger partial charge is 0.315 e. The number of rotatable bonds is 6. The molecule has 0 aromatic carbocycles. The monoisotopic (exact) mass is 254 g/mol. The lowest BCUT2D eigenvalue weighted by Crippen LogP contribution is -2.45. The average Bonchev–Trinajstić information content (AvgIpc) is 2.80. The number of urea groups is 1. The van der Waals surface area contributed by atoms with E-state index in [1.807, 2.05) is 0 Å². The van der Waals surface area contributed by atoms with E-state index in [0.29, 0.717) is 6.54 Å². The molecule has 3 N–H and O–H groups in total. The Morgan fingerprint density at radius 2 is 2.17 bits per heavy atom. The minimum atomic E-state index is -0.904. The number of aliphatic carboxylic acids is 1. The third-order valence-corrected chi connectivity index (χ3v) is 3.36. The van der Waals surface area contributed by atoms with Crippen molar-refractivity contribution in [3.8, 4) is 0 Å². The zero-order chi connectivity index (χ0) is 13.5. The number of carboxylic acid groups (broad SMARTS) is 1. The van der Waals surface area contributed by atoms with Crippen LogP contribution in [0.1, 0.15) is 39.5 Å². The molecule has 5 heteroatoms. The molecule has 2 amide bonds. The molecule has 0 saturated heterocycles. The average molecular weight is 254 g/mol. The van der Waals surface area contributed by atoms with Crippen molar-refractivity contribution in [1.82, 2.24) is 10.6 Å². The number of amides is 2. The lowest BCUT2D eigenvalue weighted by atomic mass is 10.0. The molecule has 0 spiro atoms. The molecule has 0 radical (unpaired) electrons. The van der Waals surface area contributed by atoms with Gasteiger partial charge < -0.3 is 15.7 Å². The van der Waals surface area contributed by atoms with Crippen molar-refractivity contribution >= 4 is 12.0 Å². The van der Waals surface area contributed by atoms with E-state index < -0.39 is 11.9 Å². The molecule has 0 bridgehead atoms. The lowest BCUT2D eigenvalue weighted by Gasteiger charge is -2.18. The van der Waals surface area contributed by atoms with Gasteiger partial charge >= 0.3 is 12.0 Å². The van der Waals surface area contributed by atoms with Crippen molar-refractivity contribution in [2.24, 2.45) is 5.92 Å². The molecule has 2 unspecified atom stereocenters. The second-order valence-corrected chi connectivity index (χ2v) is 4.82. The number of hydrogen-bond acceptors (Lipinski definition) is 2. The SMILES string of the molecule is CC(NC(=O)NCCC1=CCCC1)C(C)C(=O)O. The van der Waals surface area contributed by atoms with Crippen molar-refractivity contribution in [3.05, 3.63) is 11.6 Å². The highest BCUT2D eigenvalue weighted by Gasteiger charge is 2.20. The molecule has 1 aliphatic rings. The van der Waals surface area contributed by atoms with Gasteiger partial charge in [0.25, 0.3) is 0 Å². The molecule has 0 saturated carbocycles. The molecular formula is C13H22N2O3. The first-order chi connectivity index (χ1) is 8.50. The third-order valence-electron chi connectivity index (χ3n) is 3.36. The molecule has 0 aromatic rings. The Labute approximate surface area is 108 Å². The summed E-state index contributed by atoms with van der Waals surface area (Å²) >= 11 is 0. The van der Waals surface area contributed by atoms with Crippen molar-refractivity contribution in [2.75, 3.05) is 6.54 Å². The summed E-state index contributed by atoms with van der Waals surface area (Å²) in [5.74, 6) is -1.49. The van der Waals surface area contributed by atoms with Crippen LogP contribution in [0.25, 0.3) is 0 Å². The summed E-state index contributed by atoms with van der Waals surface area (Å²) in [7, 11) is 0. The van der Waals surface area contributed by atoms with Crippen molar-refractivity contribution in [2.45, 2.75) is 45.6 Å². The molecule has 0 fully saturated rings. The van der Waals surface area contributed by atoms with Gasteiger partial charge in [-0.25, -0.2) is 4.79 Å². The van der Waals surface area contributed by atoms with Gasteiger partial charge in [-0.15, -0.1) is 0 Å². The van der Waals surface area contributed by atoms with Crippen LogP contribution >= 0.6 is 0 Å². The zero-order valence-corrected chi connectivity index (χ0v) is 11.0. The van der Waals surface area contributed by atoms with Gasteiger partial charge in [0, 0.05) is 12.6 Å². The fourth-order valence-electron chi connectivity index (χ4n) is 1.90. The van der Waals surface area contributed by atoms with Gasteiger partial charge in [-0.05, 0) is 39.5 Å². The minimum Gasteiger partial charge on any atom is -0.481 e. The number of carbonyl (C=O) groups is 2. The van der Waals surface area contributed by atoms with Crippen molar-refractivity contribution in [1.29, 1.82) is 0 Å².